The average molecular weight is 344 g/mol. The van der Waals surface area contributed by atoms with Gasteiger partial charge in [-0.2, -0.15) is 0 Å². The van der Waals surface area contributed by atoms with Gasteiger partial charge < -0.3 is 5.11 Å². The van der Waals surface area contributed by atoms with E-state index < -0.39 is 15.4 Å². The number of halogens is 1. The summed E-state index contributed by atoms with van der Waals surface area (Å²) in [6.07, 6.45) is 2.54. The molecule has 0 saturated heterocycles. The van der Waals surface area contributed by atoms with Gasteiger partial charge in [-0.1, -0.05) is 0 Å². The van der Waals surface area contributed by atoms with Crippen molar-refractivity contribution in [3.63, 3.8) is 0 Å². The molecule has 1 aromatic heterocycles. The molecule has 1 N–H and O–H groups in total. The number of rotatable bonds is 2. The zero-order valence-electron chi connectivity index (χ0n) is 9.87. The van der Waals surface area contributed by atoms with Gasteiger partial charge in [0.1, 0.15) is 5.75 Å². The fourth-order valence-electron chi connectivity index (χ4n) is 1.55. The molecule has 100 valence electrons. The maximum absolute atomic E-state index is 11.7. The van der Waals surface area contributed by atoms with Crippen molar-refractivity contribution in [3.8, 4) is 11.4 Å². The van der Waals surface area contributed by atoms with Gasteiger partial charge >= 0.3 is 0 Å². The van der Waals surface area contributed by atoms with Gasteiger partial charge in [-0.3, -0.25) is 9.36 Å². The zero-order valence-corrected chi connectivity index (χ0v) is 12.3. The maximum atomic E-state index is 11.7. The Labute approximate surface area is 118 Å². The second-order valence-corrected chi connectivity index (χ2v) is 6.85. The lowest BCUT2D eigenvalue weighted by atomic mass is 10.3. The minimum atomic E-state index is -3.26. The van der Waals surface area contributed by atoms with Gasteiger partial charge in [0, 0.05) is 24.2 Å². The Morgan fingerprint density at radius 1 is 1.21 bits per heavy atom. The summed E-state index contributed by atoms with van der Waals surface area (Å²) in [6.45, 7) is 0. The van der Waals surface area contributed by atoms with Crippen molar-refractivity contribution in [1.29, 1.82) is 0 Å². The van der Waals surface area contributed by atoms with Crippen molar-refractivity contribution in [2.75, 3.05) is 6.26 Å². The lowest BCUT2D eigenvalue weighted by Crippen LogP contribution is -2.16. The van der Waals surface area contributed by atoms with E-state index in [1.165, 1.54) is 35.0 Å². The lowest BCUT2D eigenvalue weighted by Gasteiger charge is -2.07. The van der Waals surface area contributed by atoms with Crippen LogP contribution in [-0.2, 0) is 9.84 Å². The predicted molar refractivity (Wildman–Crippen MR) is 74.5 cm³/mol. The van der Waals surface area contributed by atoms with E-state index in [1.54, 1.807) is 0 Å². The highest BCUT2D eigenvalue weighted by atomic mass is 79.9. The molecule has 0 spiro atoms. The quantitative estimate of drug-likeness (QED) is 0.900. The molecule has 1 aromatic carbocycles. The minimum Gasteiger partial charge on any atom is -0.507 e. The smallest absolute Gasteiger partial charge is 0.258 e. The molecule has 0 fully saturated rings. The van der Waals surface area contributed by atoms with Crippen LogP contribution >= 0.6 is 15.9 Å². The molecule has 1 heterocycles. The topological polar surface area (TPSA) is 76.4 Å². The number of benzene rings is 1. The van der Waals surface area contributed by atoms with Gasteiger partial charge in [0.25, 0.3) is 5.56 Å². The van der Waals surface area contributed by atoms with Gasteiger partial charge in [0.15, 0.2) is 9.84 Å². The summed E-state index contributed by atoms with van der Waals surface area (Å²) in [4.78, 5) is 11.9. The third-order valence-electron chi connectivity index (χ3n) is 2.53. The van der Waals surface area contributed by atoms with Gasteiger partial charge in [0.2, 0.25) is 0 Å². The first kappa shape index (κ1) is 13.8. The molecule has 0 amide bonds. The number of sulfone groups is 1. The monoisotopic (exact) mass is 343 g/mol. The summed E-state index contributed by atoms with van der Waals surface area (Å²) in [5, 5.41) is 9.38. The van der Waals surface area contributed by atoms with Crippen LogP contribution in [0.1, 0.15) is 0 Å². The van der Waals surface area contributed by atoms with E-state index in [0.717, 1.165) is 12.3 Å². The number of aromatic hydroxyl groups is 1. The Bertz CT molecular complexity index is 778. The minimum absolute atomic E-state index is 0.144. The summed E-state index contributed by atoms with van der Waals surface area (Å²) < 4.78 is 24.4. The van der Waals surface area contributed by atoms with E-state index in [4.69, 9.17) is 0 Å². The first-order valence-corrected chi connectivity index (χ1v) is 7.89. The van der Waals surface area contributed by atoms with Crippen LogP contribution in [0, 0.1) is 0 Å². The Morgan fingerprint density at radius 3 is 2.32 bits per heavy atom. The summed E-state index contributed by atoms with van der Waals surface area (Å²) in [5.74, 6) is -0.144. The van der Waals surface area contributed by atoms with Crippen LogP contribution in [0.3, 0.4) is 0 Å². The van der Waals surface area contributed by atoms with E-state index in [1.807, 2.05) is 0 Å². The fraction of sp³-hybridized carbons (Fsp3) is 0.0833. The van der Waals surface area contributed by atoms with Crippen molar-refractivity contribution in [2.24, 2.45) is 0 Å². The van der Waals surface area contributed by atoms with Crippen molar-refractivity contribution < 1.29 is 13.5 Å². The zero-order chi connectivity index (χ0) is 14.2. The highest BCUT2D eigenvalue weighted by Gasteiger charge is 2.08. The average Bonchev–Trinajstić information content (AvgIpc) is 2.33. The van der Waals surface area contributed by atoms with Gasteiger partial charge in [-0.05, 0) is 40.2 Å². The van der Waals surface area contributed by atoms with Crippen LogP contribution in [0.15, 0.2) is 50.7 Å². The molecule has 0 aliphatic carbocycles. The molecule has 2 rings (SSSR count). The van der Waals surface area contributed by atoms with E-state index in [9.17, 15) is 18.3 Å². The fourth-order valence-corrected chi connectivity index (χ4v) is 2.50. The molecule has 0 radical (unpaired) electrons. The second kappa shape index (κ2) is 4.82. The molecular weight excluding hydrogens is 334 g/mol. The molecule has 5 nitrogen and oxygen atoms in total. The molecule has 0 saturated carbocycles. The molecule has 19 heavy (non-hydrogen) atoms. The van der Waals surface area contributed by atoms with Crippen LogP contribution in [-0.4, -0.2) is 24.3 Å². The Kier molecular flexibility index (Phi) is 3.51. The van der Waals surface area contributed by atoms with Gasteiger partial charge in [-0.25, -0.2) is 8.42 Å². The number of aromatic nitrogens is 1. The highest BCUT2D eigenvalue weighted by Crippen LogP contribution is 2.22. The van der Waals surface area contributed by atoms with Crippen LogP contribution < -0.4 is 5.56 Å². The summed E-state index contributed by atoms with van der Waals surface area (Å²) >= 11 is 3.12. The molecule has 0 bridgehead atoms. The molecule has 2 aromatic rings. The van der Waals surface area contributed by atoms with Gasteiger partial charge in [-0.15, -0.1) is 0 Å². The van der Waals surface area contributed by atoms with Crippen molar-refractivity contribution in [1.82, 2.24) is 4.57 Å². The van der Waals surface area contributed by atoms with Crippen LogP contribution in [0.4, 0.5) is 0 Å². The third-order valence-corrected chi connectivity index (χ3v) is 4.27. The van der Waals surface area contributed by atoms with Crippen molar-refractivity contribution >= 4 is 25.8 Å². The Balaban J connectivity index is 2.55. The normalized spacial score (nSPS) is 11.5. The summed E-state index contributed by atoms with van der Waals surface area (Å²) in [5.41, 5.74) is 0.103. The molecule has 0 unspecified atom stereocenters. The summed E-state index contributed by atoms with van der Waals surface area (Å²) in [6, 6.07) is 6.99. The van der Waals surface area contributed by atoms with E-state index in [-0.39, 0.29) is 10.6 Å². The number of nitrogens with zero attached hydrogens (tertiary/aromatic N) is 1. The van der Waals surface area contributed by atoms with Crippen LogP contribution in [0.2, 0.25) is 0 Å². The van der Waals surface area contributed by atoms with E-state index in [0.29, 0.717) is 10.2 Å². The van der Waals surface area contributed by atoms with E-state index >= 15 is 0 Å². The lowest BCUT2D eigenvalue weighted by molar-refractivity contribution is 0.469. The van der Waals surface area contributed by atoms with E-state index in [2.05, 4.69) is 15.9 Å². The molecular formula is C12H10BrNO4S. The Hall–Kier alpha value is -1.60. The Morgan fingerprint density at radius 2 is 1.79 bits per heavy atom. The number of hydrogen-bond acceptors (Lipinski definition) is 4. The second-order valence-electron chi connectivity index (χ2n) is 3.98. The third kappa shape index (κ3) is 2.87. The molecule has 0 aliphatic heterocycles. The number of hydrogen-bond donors (Lipinski definition) is 1. The SMILES string of the molecule is CS(=O)(=O)c1ccc(-n2cc(Br)c(O)cc2=O)cc1. The number of pyridine rings is 1. The predicted octanol–water partition coefficient (Wildman–Crippen LogP) is 1.71. The van der Waals surface area contributed by atoms with Crippen LogP contribution in [0.25, 0.3) is 5.69 Å². The summed E-state index contributed by atoms with van der Waals surface area (Å²) in [7, 11) is -3.26. The van der Waals surface area contributed by atoms with Gasteiger partial charge in [0.05, 0.1) is 9.37 Å². The first-order valence-electron chi connectivity index (χ1n) is 5.21. The van der Waals surface area contributed by atoms with Crippen LogP contribution in [0.5, 0.6) is 5.75 Å². The maximum Gasteiger partial charge on any atom is 0.258 e. The molecule has 7 heteroatoms. The highest BCUT2D eigenvalue weighted by molar-refractivity contribution is 9.10. The van der Waals surface area contributed by atoms with Crippen molar-refractivity contribution in [3.05, 3.63) is 51.4 Å². The molecule has 0 atom stereocenters. The standard InChI is InChI=1S/C12H10BrNO4S/c1-19(17,18)9-4-2-8(3-5-9)14-7-10(13)11(15)6-12(14)16/h2-7,15H,1H3. The van der Waals surface area contributed by atoms with Crippen molar-refractivity contribution in [2.45, 2.75) is 4.90 Å². The molecule has 0 aliphatic rings. The first-order chi connectivity index (χ1) is 8.79. The largest absolute Gasteiger partial charge is 0.507 e.